The average molecular weight is 209 g/mol. The number of alkyl halides is 1. The van der Waals surface area contributed by atoms with Gasteiger partial charge in [-0.25, -0.2) is 4.39 Å². The highest BCUT2D eigenvalue weighted by Gasteiger charge is 2.12. The first-order chi connectivity index (χ1) is 5.66. The minimum atomic E-state index is -1.18. The monoisotopic (exact) mass is 208 g/mol. The van der Waals surface area contributed by atoms with Crippen molar-refractivity contribution in [1.29, 1.82) is 0 Å². The molecule has 1 aromatic rings. The molecule has 1 unspecified atom stereocenters. The molecule has 0 heterocycles. The number of aliphatic hydroxyl groups excluding tert-OH is 1. The van der Waals surface area contributed by atoms with Crippen molar-refractivity contribution in [2.45, 2.75) is 6.10 Å². The van der Waals surface area contributed by atoms with Crippen LogP contribution in [0.1, 0.15) is 11.7 Å². The Kier molecular flexibility index (Phi) is 3.32. The molecule has 66 valence electrons. The maximum Gasteiger partial charge on any atom is 0.120 e. The molecule has 0 radical (unpaired) electrons. The molecule has 0 saturated heterocycles. The second-order valence-electron chi connectivity index (χ2n) is 2.31. The van der Waals surface area contributed by atoms with E-state index in [2.05, 4.69) is 0 Å². The van der Waals surface area contributed by atoms with Gasteiger partial charge in [0.1, 0.15) is 12.8 Å². The van der Waals surface area contributed by atoms with Crippen molar-refractivity contribution >= 4 is 23.2 Å². The molecule has 1 atom stereocenters. The van der Waals surface area contributed by atoms with E-state index in [0.717, 1.165) is 0 Å². The van der Waals surface area contributed by atoms with Gasteiger partial charge in [-0.05, 0) is 6.07 Å². The van der Waals surface area contributed by atoms with Crippen LogP contribution in [0.15, 0.2) is 18.2 Å². The van der Waals surface area contributed by atoms with E-state index < -0.39 is 12.8 Å². The molecule has 0 aliphatic carbocycles. The summed E-state index contributed by atoms with van der Waals surface area (Å²) >= 11 is 11.4. The van der Waals surface area contributed by atoms with Gasteiger partial charge in [-0.1, -0.05) is 35.3 Å². The highest BCUT2D eigenvalue weighted by molar-refractivity contribution is 6.42. The van der Waals surface area contributed by atoms with E-state index in [-0.39, 0.29) is 5.02 Å². The molecule has 1 nitrogen and oxygen atoms in total. The summed E-state index contributed by atoms with van der Waals surface area (Å²) in [5.41, 5.74) is 0.326. The lowest BCUT2D eigenvalue weighted by molar-refractivity contribution is 0.142. The number of benzene rings is 1. The van der Waals surface area contributed by atoms with Gasteiger partial charge in [0.05, 0.1) is 10.0 Å². The van der Waals surface area contributed by atoms with Crippen LogP contribution in [0.5, 0.6) is 0 Å². The Labute approximate surface area is 79.7 Å². The first kappa shape index (κ1) is 9.78. The second-order valence-corrected chi connectivity index (χ2v) is 3.10. The van der Waals surface area contributed by atoms with Gasteiger partial charge in [0.25, 0.3) is 0 Å². The first-order valence-corrected chi connectivity index (χ1v) is 4.10. The fourth-order valence-electron chi connectivity index (χ4n) is 0.861. The normalized spacial score (nSPS) is 13.0. The van der Waals surface area contributed by atoms with E-state index in [0.29, 0.717) is 10.6 Å². The molecule has 0 amide bonds. The lowest BCUT2D eigenvalue weighted by Gasteiger charge is -2.08. The van der Waals surface area contributed by atoms with Crippen molar-refractivity contribution in [3.8, 4) is 0 Å². The van der Waals surface area contributed by atoms with Crippen molar-refractivity contribution in [2.24, 2.45) is 0 Å². The van der Waals surface area contributed by atoms with Crippen LogP contribution < -0.4 is 0 Å². The van der Waals surface area contributed by atoms with E-state index in [1.807, 2.05) is 0 Å². The lowest BCUT2D eigenvalue weighted by atomic mass is 10.1. The number of aliphatic hydroxyl groups is 1. The van der Waals surface area contributed by atoms with Gasteiger partial charge in [-0.15, -0.1) is 0 Å². The number of rotatable bonds is 2. The molecule has 0 aliphatic rings. The number of halogens is 3. The highest BCUT2D eigenvalue weighted by atomic mass is 35.5. The van der Waals surface area contributed by atoms with Gasteiger partial charge in [-0.2, -0.15) is 0 Å². The lowest BCUT2D eigenvalue weighted by Crippen LogP contribution is -1.99. The summed E-state index contributed by atoms with van der Waals surface area (Å²) in [5, 5.41) is 9.65. The van der Waals surface area contributed by atoms with Gasteiger partial charge in [0.15, 0.2) is 0 Å². The minimum absolute atomic E-state index is 0.212. The van der Waals surface area contributed by atoms with Crippen molar-refractivity contribution < 1.29 is 9.50 Å². The molecule has 0 aliphatic heterocycles. The van der Waals surface area contributed by atoms with Crippen LogP contribution in [-0.2, 0) is 0 Å². The summed E-state index contributed by atoms with van der Waals surface area (Å²) < 4.78 is 12.0. The predicted octanol–water partition coefficient (Wildman–Crippen LogP) is 3.00. The van der Waals surface area contributed by atoms with Gasteiger partial charge >= 0.3 is 0 Å². The third-order valence-corrected chi connectivity index (χ3v) is 2.32. The Morgan fingerprint density at radius 1 is 1.42 bits per heavy atom. The molecule has 4 heteroatoms. The van der Waals surface area contributed by atoms with Gasteiger partial charge in [-0.3, -0.25) is 0 Å². The molecular weight excluding hydrogens is 202 g/mol. The zero-order valence-corrected chi connectivity index (χ0v) is 7.61. The summed E-state index contributed by atoms with van der Waals surface area (Å²) in [7, 11) is 0. The largest absolute Gasteiger partial charge is 0.386 e. The van der Waals surface area contributed by atoms with E-state index in [1.165, 1.54) is 0 Å². The zero-order chi connectivity index (χ0) is 9.14. The SMILES string of the molecule is OC(CF)c1cccc(Cl)c1Cl. The van der Waals surface area contributed by atoms with Crippen LogP contribution >= 0.6 is 23.2 Å². The Morgan fingerprint density at radius 3 is 2.67 bits per heavy atom. The fraction of sp³-hybridized carbons (Fsp3) is 0.250. The Morgan fingerprint density at radius 2 is 2.08 bits per heavy atom. The maximum absolute atomic E-state index is 12.0. The third kappa shape index (κ3) is 1.89. The molecule has 12 heavy (non-hydrogen) atoms. The summed E-state index contributed by atoms with van der Waals surface area (Å²) in [6.07, 6.45) is -1.18. The van der Waals surface area contributed by atoms with Gasteiger partial charge < -0.3 is 5.11 Å². The van der Waals surface area contributed by atoms with Crippen LogP contribution in [0, 0.1) is 0 Å². The van der Waals surface area contributed by atoms with Gasteiger partial charge in [0.2, 0.25) is 0 Å². The summed E-state index contributed by atoms with van der Waals surface area (Å²) in [6, 6.07) is 4.74. The van der Waals surface area contributed by atoms with E-state index >= 15 is 0 Å². The minimum Gasteiger partial charge on any atom is -0.386 e. The van der Waals surface area contributed by atoms with Gasteiger partial charge in [0, 0.05) is 5.56 Å². The third-order valence-electron chi connectivity index (χ3n) is 1.49. The second kappa shape index (κ2) is 4.08. The maximum atomic E-state index is 12.0. The van der Waals surface area contributed by atoms with E-state index in [9.17, 15) is 4.39 Å². The summed E-state index contributed by atoms with van der Waals surface area (Å²) in [6.45, 7) is -0.861. The predicted molar refractivity (Wildman–Crippen MR) is 47.4 cm³/mol. The highest BCUT2D eigenvalue weighted by Crippen LogP contribution is 2.29. The van der Waals surface area contributed by atoms with Crippen LogP contribution in [0.25, 0.3) is 0 Å². The first-order valence-electron chi connectivity index (χ1n) is 3.34. The van der Waals surface area contributed by atoms with E-state index in [1.54, 1.807) is 18.2 Å². The molecule has 0 bridgehead atoms. The standard InChI is InChI=1S/C8H7Cl2FO/c9-6-3-1-2-5(8(6)10)7(12)4-11/h1-3,7,12H,4H2. The molecule has 0 aromatic heterocycles. The van der Waals surface area contributed by atoms with Crippen LogP contribution in [0.3, 0.4) is 0 Å². The Hall–Kier alpha value is -0.310. The Bertz CT molecular complexity index is 278. The van der Waals surface area contributed by atoms with Crippen LogP contribution in [-0.4, -0.2) is 11.8 Å². The van der Waals surface area contributed by atoms with Crippen molar-refractivity contribution in [2.75, 3.05) is 6.67 Å². The quantitative estimate of drug-likeness (QED) is 0.793. The van der Waals surface area contributed by atoms with E-state index in [4.69, 9.17) is 28.3 Å². The van der Waals surface area contributed by atoms with Crippen LogP contribution in [0.2, 0.25) is 10.0 Å². The number of hydrogen-bond donors (Lipinski definition) is 1. The molecule has 0 fully saturated rings. The van der Waals surface area contributed by atoms with Crippen molar-refractivity contribution in [1.82, 2.24) is 0 Å². The summed E-state index contributed by atoms with van der Waals surface area (Å²) in [5.74, 6) is 0. The molecule has 1 N–H and O–H groups in total. The van der Waals surface area contributed by atoms with Crippen molar-refractivity contribution in [3.05, 3.63) is 33.8 Å². The average Bonchev–Trinajstić information content (AvgIpc) is 2.08. The molecule has 0 spiro atoms. The molecule has 1 rings (SSSR count). The smallest absolute Gasteiger partial charge is 0.120 e. The molecule has 0 saturated carbocycles. The number of hydrogen-bond acceptors (Lipinski definition) is 1. The molecule has 1 aromatic carbocycles. The summed E-state index contributed by atoms with van der Waals surface area (Å²) in [4.78, 5) is 0. The Balaban J connectivity index is 3.07. The fourth-order valence-corrected chi connectivity index (χ4v) is 1.29. The molecular formula is C8H7Cl2FO. The van der Waals surface area contributed by atoms with Crippen LogP contribution in [0.4, 0.5) is 4.39 Å². The van der Waals surface area contributed by atoms with Crippen molar-refractivity contribution in [3.63, 3.8) is 0 Å². The topological polar surface area (TPSA) is 20.2 Å². The zero-order valence-electron chi connectivity index (χ0n) is 6.10.